The summed E-state index contributed by atoms with van der Waals surface area (Å²) in [5.74, 6) is 0. The molecule has 0 aliphatic heterocycles. The van der Waals surface area contributed by atoms with E-state index in [1.807, 2.05) is 0 Å². The van der Waals surface area contributed by atoms with Crippen molar-refractivity contribution in [2.45, 2.75) is 31.2 Å². The Labute approximate surface area is 70.3 Å². The minimum Gasteiger partial charge on any atom is -0.393 e. The summed E-state index contributed by atoms with van der Waals surface area (Å²) in [6, 6.07) is 0. The molecular formula is C7H14O5. The number of carbonyl (C=O) groups excluding carboxylic acids is 1. The molecule has 0 radical (unpaired) electrons. The molecule has 5 heteroatoms. The van der Waals surface area contributed by atoms with Crippen molar-refractivity contribution in [1.82, 2.24) is 0 Å². The summed E-state index contributed by atoms with van der Waals surface area (Å²) in [6.07, 6.45) is -1.60. The van der Waals surface area contributed by atoms with Crippen LogP contribution >= 0.6 is 0 Å². The van der Waals surface area contributed by atoms with Gasteiger partial charge in [-0.05, 0) is 13.8 Å². The molecule has 0 aromatic carbocycles. The highest BCUT2D eigenvalue weighted by Crippen LogP contribution is 2.18. The molecule has 0 bridgehead atoms. The second kappa shape index (κ2) is 3.49. The van der Waals surface area contributed by atoms with Gasteiger partial charge in [-0.1, -0.05) is 0 Å². The Morgan fingerprint density at radius 2 is 1.83 bits per heavy atom. The summed E-state index contributed by atoms with van der Waals surface area (Å²) >= 11 is 0. The summed E-state index contributed by atoms with van der Waals surface area (Å²) in [4.78, 5) is 10.2. The summed E-state index contributed by atoms with van der Waals surface area (Å²) in [6.45, 7) is 1.43. The molecular weight excluding hydrogens is 164 g/mol. The van der Waals surface area contributed by atoms with E-state index in [0.29, 0.717) is 0 Å². The van der Waals surface area contributed by atoms with Gasteiger partial charge in [-0.2, -0.15) is 0 Å². The molecule has 0 aliphatic rings. The second-order valence-corrected chi connectivity index (χ2v) is 3.26. The van der Waals surface area contributed by atoms with Crippen molar-refractivity contribution in [1.29, 1.82) is 0 Å². The van der Waals surface area contributed by atoms with Gasteiger partial charge in [0.1, 0.15) is 17.3 Å². The Hall–Kier alpha value is -0.490. The van der Waals surface area contributed by atoms with E-state index < -0.39 is 23.9 Å². The predicted molar refractivity (Wildman–Crippen MR) is 40.4 cm³/mol. The predicted octanol–water partition coefficient (Wildman–Crippen LogP) is -1.96. The Kier molecular flexibility index (Phi) is 3.34. The first-order valence-electron chi connectivity index (χ1n) is 3.48. The lowest BCUT2D eigenvalue weighted by Gasteiger charge is -2.33. The number of rotatable bonds is 4. The van der Waals surface area contributed by atoms with Gasteiger partial charge >= 0.3 is 0 Å². The summed E-state index contributed by atoms with van der Waals surface area (Å²) in [5, 5.41) is 36.2. The fourth-order valence-electron chi connectivity index (χ4n) is 0.780. The van der Waals surface area contributed by atoms with Gasteiger partial charge in [-0.25, -0.2) is 0 Å². The summed E-state index contributed by atoms with van der Waals surface area (Å²) in [5.41, 5.74) is -3.93. The van der Waals surface area contributed by atoms with Gasteiger partial charge < -0.3 is 25.2 Å². The van der Waals surface area contributed by atoms with Gasteiger partial charge in [0.25, 0.3) is 0 Å². The minimum absolute atomic E-state index is 0.113. The number of aliphatic hydroxyl groups is 4. The molecule has 0 spiro atoms. The van der Waals surface area contributed by atoms with Gasteiger partial charge in [0.2, 0.25) is 0 Å². The van der Waals surface area contributed by atoms with Gasteiger partial charge in [0, 0.05) is 0 Å². The monoisotopic (exact) mass is 178 g/mol. The highest BCUT2D eigenvalue weighted by Gasteiger charge is 2.42. The van der Waals surface area contributed by atoms with Crippen LogP contribution in [0, 0.1) is 0 Å². The van der Waals surface area contributed by atoms with Crippen LogP contribution in [-0.2, 0) is 4.79 Å². The zero-order chi connectivity index (χ0) is 9.99. The quantitative estimate of drug-likeness (QED) is 0.375. The fraction of sp³-hybridized carbons (Fsp3) is 0.857. The maximum absolute atomic E-state index is 10.2. The molecule has 0 aliphatic carbocycles. The first kappa shape index (κ1) is 11.5. The molecule has 4 N–H and O–H groups in total. The molecule has 0 fully saturated rings. The van der Waals surface area contributed by atoms with Crippen LogP contribution in [0.15, 0.2) is 0 Å². The first-order chi connectivity index (χ1) is 5.28. The number of aliphatic hydroxyl groups excluding tert-OH is 2. The lowest BCUT2D eigenvalue weighted by atomic mass is 9.87. The molecule has 0 aromatic heterocycles. The third-order valence-corrected chi connectivity index (χ3v) is 1.70. The van der Waals surface area contributed by atoms with Gasteiger partial charge in [-0.3, -0.25) is 0 Å². The van der Waals surface area contributed by atoms with Crippen LogP contribution in [0.25, 0.3) is 0 Å². The van der Waals surface area contributed by atoms with Gasteiger partial charge in [0.15, 0.2) is 6.29 Å². The lowest BCUT2D eigenvalue weighted by molar-refractivity contribution is -0.173. The molecule has 5 nitrogen and oxygen atoms in total. The van der Waals surface area contributed by atoms with Crippen molar-refractivity contribution in [3.63, 3.8) is 0 Å². The Morgan fingerprint density at radius 3 is 2.08 bits per heavy atom. The number of hydrogen-bond acceptors (Lipinski definition) is 5. The lowest BCUT2D eigenvalue weighted by Crippen LogP contribution is -2.56. The van der Waals surface area contributed by atoms with E-state index in [2.05, 4.69) is 0 Å². The molecule has 3 atom stereocenters. The average Bonchev–Trinajstić information content (AvgIpc) is 2.03. The molecule has 0 amide bonds. The molecule has 12 heavy (non-hydrogen) atoms. The minimum atomic E-state index is -2.05. The molecule has 0 aromatic rings. The fourth-order valence-corrected chi connectivity index (χ4v) is 0.780. The van der Waals surface area contributed by atoms with Gasteiger partial charge in [-0.15, -0.1) is 0 Å². The summed E-state index contributed by atoms with van der Waals surface area (Å²) < 4.78 is 0. The van der Waals surface area contributed by atoms with Crippen molar-refractivity contribution >= 4 is 6.29 Å². The molecule has 0 rings (SSSR count). The van der Waals surface area contributed by atoms with Crippen LogP contribution in [0.1, 0.15) is 13.8 Å². The third kappa shape index (κ3) is 2.25. The highest BCUT2D eigenvalue weighted by molar-refractivity contribution is 5.62. The average molecular weight is 178 g/mol. The van der Waals surface area contributed by atoms with E-state index in [-0.39, 0.29) is 6.29 Å². The largest absolute Gasteiger partial charge is 0.393 e. The SMILES string of the molecule is C[C@](O)(C=O)[C@@H](O)[C@@](C)(O)CO. The molecule has 0 unspecified atom stereocenters. The summed E-state index contributed by atoms with van der Waals surface area (Å²) in [7, 11) is 0. The van der Waals surface area contributed by atoms with Crippen molar-refractivity contribution < 1.29 is 25.2 Å². The van der Waals surface area contributed by atoms with Crippen LogP contribution in [0.2, 0.25) is 0 Å². The molecule has 0 heterocycles. The van der Waals surface area contributed by atoms with E-state index in [4.69, 9.17) is 10.2 Å². The Morgan fingerprint density at radius 1 is 1.42 bits per heavy atom. The van der Waals surface area contributed by atoms with Crippen LogP contribution in [0.3, 0.4) is 0 Å². The zero-order valence-electron chi connectivity index (χ0n) is 7.06. The number of aldehydes is 1. The second-order valence-electron chi connectivity index (χ2n) is 3.26. The van der Waals surface area contributed by atoms with Crippen LogP contribution in [0.4, 0.5) is 0 Å². The van der Waals surface area contributed by atoms with Crippen molar-refractivity contribution in [2.24, 2.45) is 0 Å². The first-order valence-corrected chi connectivity index (χ1v) is 3.48. The standard InChI is InChI=1S/C7H14O5/c1-6(11,3-8)5(10)7(2,12)4-9/h3,5,9-12H,4H2,1-2H3/t5-,6+,7+/m1/s1. The van der Waals surface area contributed by atoms with E-state index in [1.54, 1.807) is 0 Å². The van der Waals surface area contributed by atoms with E-state index in [1.165, 1.54) is 0 Å². The molecule has 0 saturated carbocycles. The maximum atomic E-state index is 10.2. The Bertz CT molecular complexity index is 163. The normalized spacial score (nSPS) is 23.8. The van der Waals surface area contributed by atoms with Crippen LogP contribution < -0.4 is 0 Å². The van der Waals surface area contributed by atoms with E-state index >= 15 is 0 Å². The smallest absolute Gasteiger partial charge is 0.154 e. The Balaban J connectivity index is 4.58. The molecule has 0 saturated heterocycles. The van der Waals surface area contributed by atoms with Crippen LogP contribution in [0.5, 0.6) is 0 Å². The number of hydrogen-bond donors (Lipinski definition) is 4. The van der Waals surface area contributed by atoms with E-state index in [0.717, 1.165) is 13.8 Å². The third-order valence-electron chi connectivity index (χ3n) is 1.70. The maximum Gasteiger partial charge on any atom is 0.154 e. The van der Waals surface area contributed by atoms with Crippen LogP contribution in [-0.4, -0.2) is 50.6 Å². The van der Waals surface area contributed by atoms with Crippen molar-refractivity contribution in [3.8, 4) is 0 Å². The van der Waals surface area contributed by atoms with E-state index in [9.17, 15) is 15.0 Å². The molecule has 72 valence electrons. The highest BCUT2D eigenvalue weighted by atomic mass is 16.4. The van der Waals surface area contributed by atoms with Crippen molar-refractivity contribution in [3.05, 3.63) is 0 Å². The zero-order valence-corrected chi connectivity index (χ0v) is 7.06. The number of carbonyl (C=O) groups is 1. The van der Waals surface area contributed by atoms with Gasteiger partial charge in [0.05, 0.1) is 6.61 Å². The van der Waals surface area contributed by atoms with Crippen molar-refractivity contribution in [2.75, 3.05) is 6.61 Å². The topological polar surface area (TPSA) is 98.0 Å².